The number of carbonyl (C=O) groups excluding carboxylic acids is 1. The Kier molecular flexibility index (Phi) is 4.94. The summed E-state index contributed by atoms with van der Waals surface area (Å²) in [5.74, 6) is 0.719. The van der Waals surface area contributed by atoms with Gasteiger partial charge in [-0.25, -0.2) is 9.78 Å². The molecule has 4 rings (SSSR count). The molecular formula is C23H24N4O2. The first-order valence-corrected chi connectivity index (χ1v) is 9.58. The third kappa shape index (κ3) is 3.79. The summed E-state index contributed by atoms with van der Waals surface area (Å²) in [6, 6.07) is 18.7. The molecule has 6 nitrogen and oxygen atoms in total. The Bertz CT molecular complexity index is 1030. The molecule has 0 spiro atoms. The van der Waals surface area contributed by atoms with E-state index in [-0.39, 0.29) is 18.1 Å². The number of carbonyl (C=O) groups is 1. The van der Waals surface area contributed by atoms with Crippen LogP contribution in [-0.4, -0.2) is 22.7 Å². The number of hydrogen-bond acceptors (Lipinski definition) is 4. The summed E-state index contributed by atoms with van der Waals surface area (Å²) in [7, 11) is 0. The average molecular weight is 388 g/mol. The van der Waals surface area contributed by atoms with Gasteiger partial charge in [0.05, 0.1) is 12.3 Å². The van der Waals surface area contributed by atoms with Crippen molar-refractivity contribution in [1.82, 2.24) is 4.98 Å². The summed E-state index contributed by atoms with van der Waals surface area (Å²) in [5.41, 5.74) is 4.45. The van der Waals surface area contributed by atoms with Gasteiger partial charge in [-0.15, -0.1) is 0 Å². The zero-order valence-corrected chi connectivity index (χ0v) is 16.5. The van der Waals surface area contributed by atoms with Gasteiger partial charge in [0.15, 0.2) is 5.82 Å². The maximum absolute atomic E-state index is 12.6. The van der Waals surface area contributed by atoms with Gasteiger partial charge in [0, 0.05) is 29.5 Å². The van der Waals surface area contributed by atoms with Gasteiger partial charge in [-0.3, -0.25) is 0 Å². The zero-order valence-electron chi connectivity index (χ0n) is 16.5. The van der Waals surface area contributed by atoms with Crippen LogP contribution in [0.5, 0.6) is 0 Å². The highest BCUT2D eigenvalue weighted by molar-refractivity contribution is 6.02. The van der Waals surface area contributed by atoms with Crippen molar-refractivity contribution in [1.29, 1.82) is 0 Å². The molecule has 2 amide bonds. The van der Waals surface area contributed by atoms with Crippen molar-refractivity contribution in [3.8, 4) is 0 Å². The molecule has 3 N–H and O–H groups in total. The van der Waals surface area contributed by atoms with E-state index >= 15 is 0 Å². The molecule has 0 fully saturated rings. The molecule has 0 saturated heterocycles. The summed E-state index contributed by atoms with van der Waals surface area (Å²) in [6.07, 6.45) is 1.74. The van der Waals surface area contributed by atoms with Crippen LogP contribution >= 0.6 is 0 Å². The Balaban J connectivity index is 1.57. The largest absolute Gasteiger partial charge is 0.392 e. The van der Waals surface area contributed by atoms with Crippen LogP contribution in [0.4, 0.5) is 27.7 Å². The number of nitrogens with one attached hydrogen (secondary N) is 2. The van der Waals surface area contributed by atoms with Crippen LogP contribution in [-0.2, 0) is 12.0 Å². The Labute approximate surface area is 170 Å². The molecule has 0 atom stereocenters. The number of benzene rings is 2. The van der Waals surface area contributed by atoms with Gasteiger partial charge < -0.3 is 20.6 Å². The van der Waals surface area contributed by atoms with E-state index in [9.17, 15) is 4.79 Å². The summed E-state index contributed by atoms with van der Waals surface area (Å²) < 4.78 is 0. The highest BCUT2D eigenvalue weighted by Gasteiger charge is 2.36. The van der Waals surface area contributed by atoms with Crippen LogP contribution in [0.15, 0.2) is 66.9 Å². The summed E-state index contributed by atoms with van der Waals surface area (Å²) >= 11 is 0. The Morgan fingerprint density at radius 3 is 2.59 bits per heavy atom. The minimum absolute atomic E-state index is 0.0118. The van der Waals surface area contributed by atoms with Crippen LogP contribution in [0.2, 0.25) is 0 Å². The molecule has 2 heterocycles. The van der Waals surface area contributed by atoms with Gasteiger partial charge in [-0.1, -0.05) is 44.2 Å². The molecule has 1 aliphatic heterocycles. The molecule has 0 bridgehead atoms. The maximum Gasteiger partial charge on any atom is 0.323 e. The van der Waals surface area contributed by atoms with E-state index in [1.165, 1.54) is 5.56 Å². The average Bonchev–Trinajstić information content (AvgIpc) is 3.00. The molecular weight excluding hydrogens is 364 g/mol. The Morgan fingerprint density at radius 2 is 1.83 bits per heavy atom. The third-order valence-electron chi connectivity index (χ3n) is 5.16. The van der Waals surface area contributed by atoms with Crippen molar-refractivity contribution in [2.75, 3.05) is 22.1 Å². The number of nitrogens with zero attached hydrogens (tertiary/aromatic N) is 2. The highest BCUT2D eigenvalue weighted by Crippen LogP contribution is 2.45. The number of hydrogen-bond donors (Lipinski definition) is 3. The van der Waals surface area contributed by atoms with Gasteiger partial charge in [-0.05, 0) is 41.5 Å². The van der Waals surface area contributed by atoms with Crippen LogP contribution in [0.1, 0.15) is 25.0 Å². The number of amides is 2. The molecule has 0 aliphatic carbocycles. The Morgan fingerprint density at radius 1 is 1.07 bits per heavy atom. The molecule has 6 heteroatoms. The monoisotopic (exact) mass is 388 g/mol. The van der Waals surface area contributed by atoms with Crippen LogP contribution < -0.4 is 15.5 Å². The minimum Gasteiger partial charge on any atom is -0.392 e. The molecule has 1 aliphatic rings. The minimum atomic E-state index is -0.345. The predicted octanol–water partition coefficient (Wildman–Crippen LogP) is 4.65. The lowest BCUT2D eigenvalue weighted by Crippen LogP contribution is -2.27. The van der Waals surface area contributed by atoms with Crippen molar-refractivity contribution < 1.29 is 9.90 Å². The first kappa shape index (κ1) is 19.0. The quantitative estimate of drug-likeness (QED) is 0.608. The molecule has 0 unspecified atom stereocenters. The number of aliphatic hydroxyl groups is 1. The van der Waals surface area contributed by atoms with Crippen molar-refractivity contribution in [3.63, 3.8) is 0 Å². The normalized spacial score (nSPS) is 14.4. The van der Waals surface area contributed by atoms with Crippen LogP contribution in [0, 0.1) is 0 Å². The number of urea groups is 1. The van der Waals surface area contributed by atoms with Crippen molar-refractivity contribution >= 4 is 28.9 Å². The fourth-order valence-corrected chi connectivity index (χ4v) is 3.72. The van der Waals surface area contributed by atoms with E-state index in [2.05, 4.69) is 52.6 Å². The second-order valence-electron chi connectivity index (χ2n) is 7.80. The van der Waals surface area contributed by atoms with Gasteiger partial charge in [0.2, 0.25) is 0 Å². The van der Waals surface area contributed by atoms with E-state index in [0.717, 1.165) is 23.6 Å². The van der Waals surface area contributed by atoms with E-state index in [1.54, 1.807) is 30.5 Å². The third-order valence-corrected chi connectivity index (χ3v) is 5.16. The van der Waals surface area contributed by atoms with Crippen molar-refractivity contribution in [2.45, 2.75) is 25.9 Å². The molecule has 148 valence electrons. The fourth-order valence-electron chi connectivity index (χ4n) is 3.72. The standard InChI is InChI=1S/C23H24N4O2/c1-23(2)15-27(20-8-4-3-6-18(20)23)21-19(7-5-13-24-21)26-22(29)25-17-11-9-16(14-28)10-12-17/h3-13,28H,14-15H2,1-2H3,(H2,25,26,29). The van der Waals surface area contributed by atoms with Crippen molar-refractivity contribution in [3.05, 3.63) is 78.0 Å². The molecule has 0 radical (unpaired) electrons. The fraction of sp³-hybridized carbons (Fsp3) is 0.217. The lowest BCUT2D eigenvalue weighted by Gasteiger charge is -2.23. The second kappa shape index (κ2) is 7.56. The Hall–Kier alpha value is -3.38. The SMILES string of the molecule is CC1(C)CN(c2ncccc2NC(=O)Nc2ccc(CO)cc2)c2ccccc21. The molecule has 3 aromatic rings. The first-order valence-electron chi connectivity index (χ1n) is 9.58. The summed E-state index contributed by atoms with van der Waals surface area (Å²) in [6.45, 7) is 5.18. The van der Waals surface area contributed by atoms with Gasteiger partial charge in [0.25, 0.3) is 0 Å². The lowest BCUT2D eigenvalue weighted by molar-refractivity contribution is 0.262. The van der Waals surface area contributed by atoms with E-state index in [0.29, 0.717) is 11.4 Å². The van der Waals surface area contributed by atoms with E-state index < -0.39 is 0 Å². The first-order chi connectivity index (χ1) is 14.0. The number of aliphatic hydroxyl groups excluding tert-OH is 1. The molecule has 1 aromatic heterocycles. The summed E-state index contributed by atoms with van der Waals surface area (Å²) in [5, 5.41) is 14.9. The number of rotatable bonds is 4. The van der Waals surface area contributed by atoms with E-state index in [1.807, 2.05) is 18.2 Å². The van der Waals surface area contributed by atoms with E-state index in [4.69, 9.17) is 5.11 Å². The molecule has 29 heavy (non-hydrogen) atoms. The van der Waals surface area contributed by atoms with Crippen LogP contribution in [0.25, 0.3) is 0 Å². The van der Waals surface area contributed by atoms with Crippen LogP contribution in [0.3, 0.4) is 0 Å². The molecule has 2 aromatic carbocycles. The number of para-hydroxylation sites is 1. The number of aromatic nitrogens is 1. The number of fused-ring (bicyclic) bond motifs is 1. The topological polar surface area (TPSA) is 77.5 Å². The lowest BCUT2D eigenvalue weighted by atomic mass is 9.87. The van der Waals surface area contributed by atoms with Gasteiger partial charge >= 0.3 is 6.03 Å². The summed E-state index contributed by atoms with van der Waals surface area (Å²) in [4.78, 5) is 19.3. The maximum atomic E-state index is 12.6. The zero-order chi connectivity index (χ0) is 20.4. The van der Waals surface area contributed by atoms with Crippen molar-refractivity contribution in [2.24, 2.45) is 0 Å². The predicted molar refractivity (Wildman–Crippen MR) is 116 cm³/mol. The number of pyridine rings is 1. The van der Waals surface area contributed by atoms with Gasteiger partial charge in [-0.2, -0.15) is 0 Å². The highest BCUT2D eigenvalue weighted by atomic mass is 16.3. The van der Waals surface area contributed by atoms with Gasteiger partial charge in [0.1, 0.15) is 0 Å². The number of anilines is 4. The molecule has 0 saturated carbocycles. The second-order valence-corrected chi connectivity index (χ2v) is 7.80. The smallest absolute Gasteiger partial charge is 0.323 e.